The van der Waals surface area contributed by atoms with E-state index in [-0.39, 0.29) is 11.9 Å². The Balaban J connectivity index is 3.70. The van der Waals surface area contributed by atoms with Gasteiger partial charge in [-0.25, -0.2) is 0 Å². The zero-order valence-corrected chi connectivity index (χ0v) is 10.4. The van der Waals surface area contributed by atoms with Gasteiger partial charge in [0, 0.05) is 6.42 Å². The third-order valence-corrected chi connectivity index (χ3v) is 2.34. The van der Waals surface area contributed by atoms with Crippen molar-refractivity contribution in [1.29, 1.82) is 0 Å². The number of nitrogens with one attached hydrogen (secondary N) is 1. The fourth-order valence-corrected chi connectivity index (χ4v) is 1.54. The number of hydrogen-bond donors (Lipinski definition) is 2. The summed E-state index contributed by atoms with van der Waals surface area (Å²) in [6.07, 6.45) is 4.78. The van der Waals surface area contributed by atoms with Crippen molar-refractivity contribution in [3.8, 4) is 0 Å². The number of unbranched alkanes of at least 4 members (excludes halogenated alkanes) is 2. The maximum atomic E-state index is 11.5. The lowest BCUT2D eigenvalue weighted by molar-refractivity contribution is -0.124. The molecule has 1 unspecified atom stereocenters. The van der Waals surface area contributed by atoms with Crippen molar-refractivity contribution in [2.75, 3.05) is 6.54 Å². The highest BCUT2D eigenvalue weighted by Gasteiger charge is 2.12. The van der Waals surface area contributed by atoms with Crippen LogP contribution in [0, 0.1) is 5.92 Å². The molecule has 0 aliphatic rings. The molecule has 4 heteroatoms. The minimum absolute atomic E-state index is 0.0326. The predicted molar refractivity (Wildman–Crippen MR) is 65.0 cm³/mol. The molecule has 3 N–H and O–H groups in total. The highest BCUT2D eigenvalue weighted by atomic mass is 16.2. The first kappa shape index (κ1) is 15.1. The molecule has 0 aliphatic carbocycles. The van der Waals surface area contributed by atoms with Gasteiger partial charge in [0.15, 0.2) is 0 Å². The molecule has 0 bridgehead atoms. The van der Waals surface area contributed by atoms with Gasteiger partial charge in [-0.05, 0) is 31.7 Å². The first-order valence-corrected chi connectivity index (χ1v) is 6.04. The van der Waals surface area contributed by atoms with Crippen LogP contribution in [-0.4, -0.2) is 24.8 Å². The third-order valence-electron chi connectivity index (χ3n) is 2.34. The standard InChI is InChI=1S/C12H24N2O2/c1-10(2)8-11(9-15)14-12(16)6-4-3-5-7-13/h9-11H,3-8,13H2,1-2H3,(H,14,16). The molecule has 94 valence electrons. The minimum Gasteiger partial charge on any atom is -0.347 e. The van der Waals surface area contributed by atoms with Gasteiger partial charge in [-0.1, -0.05) is 20.3 Å². The van der Waals surface area contributed by atoms with Crippen LogP contribution in [0.1, 0.15) is 46.0 Å². The molecular formula is C12H24N2O2. The number of hydrogen-bond acceptors (Lipinski definition) is 3. The van der Waals surface area contributed by atoms with Gasteiger partial charge in [-0.2, -0.15) is 0 Å². The monoisotopic (exact) mass is 228 g/mol. The van der Waals surface area contributed by atoms with Crippen molar-refractivity contribution in [3.05, 3.63) is 0 Å². The predicted octanol–water partition coefficient (Wildman–Crippen LogP) is 1.24. The van der Waals surface area contributed by atoms with E-state index in [0.29, 0.717) is 25.3 Å². The molecule has 0 radical (unpaired) electrons. The van der Waals surface area contributed by atoms with E-state index in [9.17, 15) is 9.59 Å². The summed E-state index contributed by atoms with van der Waals surface area (Å²) in [5.74, 6) is 0.377. The summed E-state index contributed by atoms with van der Waals surface area (Å²) in [5.41, 5.74) is 5.36. The number of carbonyl (C=O) groups is 2. The SMILES string of the molecule is CC(C)CC(C=O)NC(=O)CCCCCN. The van der Waals surface area contributed by atoms with E-state index in [2.05, 4.69) is 5.32 Å². The summed E-state index contributed by atoms with van der Waals surface area (Å²) in [4.78, 5) is 22.2. The number of nitrogens with two attached hydrogens (primary N) is 1. The van der Waals surface area contributed by atoms with Gasteiger partial charge in [-0.15, -0.1) is 0 Å². The average molecular weight is 228 g/mol. The minimum atomic E-state index is -0.331. The van der Waals surface area contributed by atoms with Crippen molar-refractivity contribution in [1.82, 2.24) is 5.32 Å². The molecule has 0 aromatic carbocycles. The van der Waals surface area contributed by atoms with Gasteiger partial charge >= 0.3 is 0 Å². The third kappa shape index (κ3) is 8.41. The average Bonchev–Trinajstić information content (AvgIpc) is 2.23. The number of rotatable bonds is 9. The molecule has 0 aromatic rings. The molecule has 1 amide bonds. The summed E-state index contributed by atoms with van der Waals surface area (Å²) >= 11 is 0. The first-order chi connectivity index (χ1) is 7.60. The molecule has 16 heavy (non-hydrogen) atoms. The Bertz CT molecular complexity index is 205. The van der Waals surface area contributed by atoms with Crippen molar-refractivity contribution in [3.63, 3.8) is 0 Å². The lowest BCUT2D eigenvalue weighted by atomic mass is 10.0. The molecule has 1 atom stereocenters. The van der Waals surface area contributed by atoms with Gasteiger partial charge in [-0.3, -0.25) is 4.79 Å². The topological polar surface area (TPSA) is 72.2 Å². The van der Waals surface area contributed by atoms with Crippen LogP contribution in [0.15, 0.2) is 0 Å². The van der Waals surface area contributed by atoms with E-state index in [0.717, 1.165) is 25.5 Å². The van der Waals surface area contributed by atoms with E-state index in [1.54, 1.807) is 0 Å². The Morgan fingerprint density at radius 2 is 2.00 bits per heavy atom. The van der Waals surface area contributed by atoms with Gasteiger partial charge in [0.2, 0.25) is 5.91 Å². The summed E-state index contributed by atoms with van der Waals surface area (Å²) < 4.78 is 0. The van der Waals surface area contributed by atoms with Crippen LogP contribution in [0.5, 0.6) is 0 Å². The highest BCUT2D eigenvalue weighted by Crippen LogP contribution is 2.04. The normalized spacial score (nSPS) is 12.5. The molecule has 0 heterocycles. The number of carbonyl (C=O) groups excluding carboxylic acids is 2. The van der Waals surface area contributed by atoms with Crippen molar-refractivity contribution < 1.29 is 9.59 Å². The quantitative estimate of drug-likeness (QED) is 0.460. The summed E-state index contributed by atoms with van der Waals surface area (Å²) in [6.45, 7) is 4.74. The highest BCUT2D eigenvalue weighted by molar-refractivity contribution is 5.79. The van der Waals surface area contributed by atoms with Crippen molar-refractivity contribution in [2.24, 2.45) is 11.7 Å². The Kier molecular flexibility index (Phi) is 8.81. The number of amides is 1. The molecule has 0 aliphatic heterocycles. The van der Waals surface area contributed by atoms with Crippen molar-refractivity contribution >= 4 is 12.2 Å². The molecule has 0 fully saturated rings. The second-order valence-electron chi connectivity index (χ2n) is 4.54. The van der Waals surface area contributed by atoms with Gasteiger partial charge in [0.1, 0.15) is 6.29 Å². The van der Waals surface area contributed by atoms with Crippen molar-refractivity contribution in [2.45, 2.75) is 52.0 Å². The Hall–Kier alpha value is -0.900. The molecule has 0 rings (SSSR count). The molecule has 4 nitrogen and oxygen atoms in total. The maximum Gasteiger partial charge on any atom is 0.220 e. The lowest BCUT2D eigenvalue weighted by Gasteiger charge is -2.14. The van der Waals surface area contributed by atoms with Crippen LogP contribution in [0.25, 0.3) is 0 Å². The molecule has 0 saturated carbocycles. The van der Waals surface area contributed by atoms with E-state index in [1.807, 2.05) is 13.8 Å². The Morgan fingerprint density at radius 3 is 2.50 bits per heavy atom. The first-order valence-electron chi connectivity index (χ1n) is 6.04. The van der Waals surface area contributed by atoms with E-state index >= 15 is 0 Å². The fourth-order valence-electron chi connectivity index (χ4n) is 1.54. The van der Waals surface area contributed by atoms with Crippen LogP contribution < -0.4 is 11.1 Å². The second kappa shape index (κ2) is 9.33. The Labute approximate surface area is 98.0 Å². The summed E-state index contributed by atoms with van der Waals surface area (Å²) in [6, 6.07) is -0.331. The zero-order valence-electron chi connectivity index (χ0n) is 10.4. The fraction of sp³-hybridized carbons (Fsp3) is 0.833. The molecule has 0 spiro atoms. The maximum absolute atomic E-state index is 11.5. The van der Waals surface area contributed by atoms with Crippen LogP contribution >= 0.6 is 0 Å². The Morgan fingerprint density at radius 1 is 1.31 bits per heavy atom. The largest absolute Gasteiger partial charge is 0.347 e. The molecule has 0 aromatic heterocycles. The summed E-state index contributed by atoms with van der Waals surface area (Å²) in [5, 5.41) is 2.74. The van der Waals surface area contributed by atoms with Crippen LogP contribution in [0.3, 0.4) is 0 Å². The van der Waals surface area contributed by atoms with Crippen LogP contribution in [0.4, 0.5) is 0 Å². The van der Waals surface area contributed by atoms with E-state index < -0.39 is 0 Å². The van der Waals surface area contributed by atoms with Gasteiger partial charge < -0.3 is 15.8 Å². The molecule has 0 saturated heterocycles. The van der Waals surface area contributed by atoms with E-state index in [1.165, 1.54) is 0 Å². The van der Waals surface area contributed by atoms with Gasteiger partial charge in [0.05, 0.1) is 6.04 Å². The summed E-state index contributed by atoms with van der Waals surface area (Å²) in [7, 11) is 0. The van der Waals surface area contributed by atoms with Gasteiger partial charge in [0.25, 0.3) is 0 Å². The van der Waals surface area contributed by atoms with E-state index in [4.69, 9.17) is 5.73 Å². The molecular weight excluding hydrogens is 204 g/mol. The van der Waals surface area contributed by atoms with Crippen LogP contribution in [0.2, 0.25) is 0 Å². The smallest absolute Gasteiger partial charge is 0.220 e. The number of aldehydes is 1. The lowest BCUT2D eigenvalue weighted by Crippen LogP contribution is -2.36. The zero-order chi connectivity index (χ0) is 12.4. The second-order valence-corrected chi connectivity index (χ2v) is 4.54. The van der Waals surface area contributed by atoms with Crippen LogP contribution in [-0.2, 0) is 9.59 Å².